The van der Waals surface area contributed by atoms with Gasteiger partial charge in [0.25, 0.3) is 11.1 Å². The van der Waals surface area contributed by atoms with E-state index in [1.165, 1.54) is 28.3 Å². The van der Waals surface area contributed by atoms with Crippen molar-refractivity contribution in [2.24, 2.45) is 0 Å². The van der Waals surface area contributed by atoms with Gasteiger partial charge in [0, 0.05) is 16.5 Å². The molecule has 0 spiro atoms. The summed E-state index contributed by atoms with van der Waals surface area (Å²) in [6.07, 6.45) is 5.57. The first-order valence-corrected chi connectivity index (χ1v) is 12.1. The smallest absolute Gasteiger partial charge is 0.335 e. The van der Waals surface area contributed by atoms with E-state index in [1.807, 2.05) is 0 Å². The van der Waals surface area contributed by atoms with E-state index < -0.39 is 5.97 Å². The number of hydrogen-bond donors (Lipinski definition) is 1. The lowest BCUT2D eigenvalue weighted by molar-refractivity contribution is 0.0697. The monoisotopic (exact) mass is 476 g/mol. The Balaban J connectivity index is 1.49. The number of aryl methyl sites for hydroxylation is 2. The Bertz CT molecular complexity index is 1760. The molecule has 1 aliphatic carbocycles. The molecule has 0 amide bonds. The van der Waals surface area contributed by atoms with E-state index in [0.717, 1.165) is 42.6 Å². The lowest BCUT2D eigenvalue weighted by Gasteiger charge is -2.09. The van der Waals surface area contributed by atoms with E-state index in [0.29, 0.717) is 36.8 Å². The number of aromatic nitrogens is 2. The zero-order valence-electron chi connectivity index (χ0n) is 17.2. The Kier molecular flexibility index (Phi) is 4.56. The predicted octanol–water partition coefficient (Wildman–Crippen LogP) is 3.72. The molecule has 4 aromatic heterocycles. The molecule has 0 saturated heterocycles. The van der Waals surface area contributed by atoms with Crippen molar-refractivity contribution in [1.29, 1.82) is 0 Å². The van der Waals surface area contributed by atoms with E-state index in [9.17, 15) is 19.5 Å². The number of carboxylic acids is 1. The molecule has 1 N–H and O–H groups in total. The highest BCUT2D eigenvalue weighted by Crippen LogP contribution is 2.34. The Morgan fingerprint density at radius 3 is 2.82 bits per heavy atom. The number of aromatic carboxylic acids is 1. The van der Waals surface area contributed by atoms with Crippen LogP contribution in [0.3, 0.4) is 0 Å². The van der Waals surface area contributed by atoms with Crippen LogP contribution in [0.1, 0.15) is 39.4 Å². The first-order chi connectivity index (χ1) is 16.0. The van der Waals surface area contributed by atoms with Crippen LogP contribution in [0.2, 0.25) is 0 Å². The minimum Gasteiger partial charge on any atom is -0.478 e. The van der Waals surface area contributed by atoms with E-state index >= 15 is 0 Å². The number of carbonyl (C=O) groups is 1. The molecule has 1 aliphatic rings. The Labute approximate surface area is 193 Å². The molecule has 9 heteroatoms. The summed E-state index contributed by atoms with van der Waals surface area (Å²) >= 11 is 2.68. The van der Waals surface area contributed by atoms with Crippen molar-refractivity contribution in [3.05, 3.63) is 83.4 Å². The minimum absolute atomic E-state index is 0.166. The molecule has 0 unspecified atom stereocenters. The number of thiophene rings is 1. The van der Waals surface area contributed by atoms with E-state index in [4.69, 9.17) is 4.42 Å². The predicted molar refractivity (Wildman–Crippen MR) is 128 cm³/mol. The second kappa shape index (κ2) is 7.50. The highest BCUT2D eigenvalue weighted by atomic mass is 32.1. The fourth-order valence-corrected chi connectivity index (χ4v) is 6.70. The average Bonchev–Trinajstić information content (AvgIpc) is 3.50. The first-order valence-electron chi connectivity index (χ1n) is 10.4. The molecule has 7 nitrogen and oxygen atoms in total. The van der Waals surface area contributed by atoms with Crippen molar-refractivity contribution >= 4 is 49.9 Å². The lowest BCUT2D eigenvalue weighted by Crippen LogP contribution is -2.24. The number of nitrogens with zero attached hydrogens (tertiary/aromatic N) is 2. The Morgan fingerprint density at radius 1 is 1.12 bits per heavy atom. The van der Waals surface area contributed by atoms with Crippen LogP contribution in [-0.2, 0) is 12.8 Å². The summed E-state index contributed by atoms with van der Waals surface area (Å²) in [5.74, 6) is -0.0572. The summed E-state index contributed by atoms with van der Waals surface area (Å²) in [6.45, 7) is 0. The summed E-state index contributed by atoms with van der Waals surface area (Å²) in [7, 11) is 0. The van der Waals surface area contributed by atoms with Gasteiger partial charge in [-0.2, -0.15) is 4.98 Å². The van der Waals surface area contributed by atoms with Crippen LogP contribution in [0.25, 0.3) is 32.6 Å². The van der Waals surface area contributed by atoms with Gasteiger partial charge in [0.15, 0.2) is 0 Å². The summed E-state index contributed by atoms with van der Waals surface area (Å²) < 4.78 is 7.84. The fraction of sp³-hybridized carbons (Fsp3) is 0.167. The van der Waals surface area contributed by atoms with Gasteiger partial charge < -0.3 is 9.52 Å². The topological polar surface area (TPSA) is 102 Å². The number of furan rings is 1. The second-order valence-electron chi connectivity index (χ2n) is 7.93. The molecule has 33 heavy (non-hydrogen) atoms. The number of fused-ring (bicyclic) bond motifs is 5. The molecular formula is C24H16N2O5S2. The zero-order chi connectivity index (χ0) is 22.7. The fourth-order valence-electron chi connectivity index (χ4n) is 4.32. The van der Waals surface area contributed by atoms with Crippen molar-refractivity contribution in [2.75, 3.05) is 0 Å². The number of rotatable bonds is 3. The van der Waals surface area contributed by atoms with Crippen LogP contribution < -0.4 is 15.7 Å². The van der Waals surface area contributed by atoms with Gasteiger partial charge in [0.2, 0.25) is 4.96 Å². The highest BCUT2D eigenvalue weighted by Gasteiger charge is 2.22. The highest BCUT2D eigenvalue weighted by molar-refractivity contribution is 7.19. The van der Waals surface area contributed by atoms with Gasteiger partial charge >= 0.3 is 5.97 Å². The Hall–Kier alpha value is -3.56. The number of hydrogen-bond acceptors (Lipinski definition) is 7. The maximum Gasteiger partial charge on any atom is 0.335 e. The Morgan fingerprint density at radius 2 is 1.97 bits per heavy atom. The number of carboxylic acid groups (broad SMARTS) is 1. The molecule has 6 rings (SSSR count). The van der Waals surface area contributed by atoms with Crippen molar-refractivity contribution in [2.45, 2.75) is 25.7 Å². The van der Waals surface area contributed by atoms with Crippen LogP contribution in [0, 0.1) is 0 Å². The van der Waals surface area contributed by atoms with Gasteiger partial charge in [-0.1, -0.05) is 23.5 Å². The third kappa shape index (κ3) is 3.23. The van der Waals surface area contributed by atoms with Gasteiger partial charge in [-0.05, 0) is 55.5 Å². The number of benzene rings is 1. The normalized spacial score (nSPS) is 14.2. The van der Waals surface area contributed by atoms with Gasteiger partial charge in [-0.25, -0.2) is 9.20 Å². The molecule has 4 heterocycles. The van der Waals surface area contributed by atoms with Gasteiger partial charge in [-0.15, -0.1) is 11.3 Å². The molecule has 0 bridgehead atoms. The summed E-state index contributed by atoms with van der Waals surface area (Å²) in [4.78, 5) is 43.7. The maximum absolute atomic E-state index is 13.3. The standard InChI is InChI=1S/C24H16N2O5S2/c27-20-19-15-6-1-2-7-17(15)32-22(19)26-21(28)18(33-24(26)25-20)11-14-8-9-16(31-14)12-4-3-5-13(10-12)23(29)30/h3-5,8-11H,1-2,6-7H2,(H,29,30)/b18-11-. The second-order valence-corrected chi connectivity index (χ2v) is 10.0. The quantitative estimate of drug-likeness (QED) is 0.426. The largest absolute Gasteiger partial charge is 0.478 e. The summed E-state index contributed by atoms with van der Waals surface area (Å²) in [6, 6.07) is 9.93. The summed E-state index contributed by atoms with van der Waals surface area (Å²) in [5.41, 5.74) is 1.36. The third-order valence-corrected chi connectivity index (χ3v) is 8.11. The molecule has 0 fully saturated rings. The molecule has 0 saturated carbocycles. The van der Waals surface area contributed by atoms with E-state index in [1.54, 1.807) is 34.7 Å². The lowest BCUT2D eigenvalue weighted by atomic mass is 9.97. The van der Waals surface area contributed by atoms with Crippen molar-refractivity contribution in [3.63, 3.8) is 0 Å². The SMILES string of the molecule is O=C(O)c1cccc(-c2ccc(/C=c3\sc4nc(=O)c5c6c(sc5n4c3=O)CCCC6)o2)c1. The van der Waals surface area contributed by atoms with Crippen LogP contribution >= 0.6 is 22.7 Å². The molecule has 0 atom stereocenters. The molecule has 5 aromatic rings. The van der Waals surface area contributed by atoms with Crippen LogP contribution in [0.4, 0.5) is 0 Å². The molecule has 1 aromatic carbocycles. The minimum atomic E-state index is -1.01. The maximum atomic E-state index is 13.3. The molecular weight excluding hydrogens is 460 g/mol. The molecule has 0 aliphatic heterocycles. The van der Waals surface area contributed by atoms with Crippen LogP contribution in [0.15, 0.2) is 50.4 Å². The molecule has 0 radical (unpaired) electrons. The number of thiazole rings is 1. The molecule has 164 valence electrons. The van der Waals surface area contributed by atoms with Crippen LogP contribution in [-0.4, -0.2) is 20.5 Å². The van der Waals surface area contributed by atoms with Crippen molar-refractivity contribution < 1.29 is 14.3 Å². The zero-order valence-corrected chi connectivity index (χ0v) is 18.8. The van der Waals surface area contributed by atoms with Crippen LogP contribution in [0.5, 0.6) is 0 Å². The summed E-state index contributed by atoms with van der Waals surface area (Å²) in [5, 5.41) is 9.79. The van der Waals surface area contributed by atoms with Gasteiger partial charge in [-0.3, -0.25) is 9.59 Å². The van der Waals surface area contributed by atoms with Gasteiger partial charge in [0.05, 0.1) is 10.9 Å². The van der Waals surface area contributed by atoms with E-state index in [2.05, 4.69) is 4.98 Å². The van der Waals surface area contributed by atoms with Crippen molar-refractivity contribution in [1.82, 2.24) is 9.38 Å². The van der Waals surface area contributed by atoms with E-state index in [-0.39, 0.29) is 16.7 Å². The third-order valence-electron chi connectivity index (χ3n) is 5.87. The first kappa shape index (κ1) is 20.1. The van der Waals surface area contributed by atoms with Gasteiger partial charge in [0.1, 0.15) is 20.9 Å². The van der Waals surface area contributed by atoms with Crippen molar-refractivity contribution in [3.8, 4) is 11.3 Å². The average molecular weight is 477 g/mol.